The number of thiophene rings is 1. The summed E-state index contributed by atoms with van der Waals surface area (Å²) in [5.41, 5.74) is 9.29. The van der Waals surface area contributed by atoms with Crippen LogP contribution in [0.1, 0.15) is 25.0 Å². The van der Waals surface area contributed by atoms with Crippen LogP contribution in [0, 0.1) is 0 Å². The molecule has 2 heterocycles. The normalized spacial score (nSPS) is 14.2. The summed E-state index contributed by atoms with van der Waals surface area (Å²) in [6.07, 6.45) is 0. The molecule has 166 valence electrons. The Labute approximate surface area is 207 Å². The molecule has 7 aromatic rings. The Hall–Kier alpha value is -3.88. The number of para-hydroxylation sites is 2. The fraction of sp³-hybridized carbons (Fsp3) is 0.0909. The van der Waals surface area contributed by atoms with Crippen LogP contribution in [0.3, 0.4) is 0 Å². The van der Waals surface area contributed by atoms with Crippen LogP contribution in [-0.2, 0) is 5.41 Å². The minimum Gasteiger partial charge on any atom is -0.309 e. The Bertz CT molecular complexity index is 1930. The van der Waals surface area contributed by atoms with E-state index in [0.717, 1.165) is 0 Å². The summed E-state index contributed by atoms with van der Waals surface area (Å²) >= 11 is 1.90. The fourth-order valence-electron chi connectivity index (χ4n) is 6.28. The quantitative estimate of drug-likeness (QED) is 0.227. The van der Waals surface area contributed by atoms with Crippen LogP contribution < -0.4 is 0 Å². The molecule has 5 aromatic carbocycles. The van der Waals surface area contributed by atoms with Crippen molar-refractivity contribution >= 4 is 53.3 Å². The van der Waals surface area contributed by atoms with Gasteiger partial charge >= 0.3 is 0 Å². The Morgan fingerprint density at radius 1 is 0.543 bits per heavy atom. The van der Waals surface area contributed by atoms with Gasteiger partial charge in [0.1, 0.15) is 0 Å². The Morgan fingerprint density at radius 2 is 1.17 bits per heavy atom. The molecule has 0 unspecified atom stereocenters. The zero-order valence-corrected chi connectivity index (χ0v) is 20.5. The van der Waals surface area contributed by atoms with Crippen molar-refractivity contribution in [2.75, 3.05) is 0 Å². The molecule has 0 spiro atoms. The maximum Gasteiger partial charge on any atom is 0.0541 e. The van der Waals surface area contributed by atoms with Crippen LogP contribution in [0.15, 0.2) is 103 Å². The smallest absolute Gasteiger partial charge is 0.0541 e. The predicted octanol–water partition coefficient (Wildman–Crippen LogP) is 9.46. The second-order valence-electron chi connectivity index (χ2n) is 10.2. The summed E-state index contributed by atoms with van der Waals surface area (Å²) < 4.78 is 5.17. The summed E-state index contributed by atoms with van der Waals surface area (Å²) in [5.74, 6) is 0. The molecule has 0 atom stereocenters. The SMILES string of the molecule is CC1(C)c2cc(-n3c4ccccc4c4ccccc43)ccc2-c2cc3sc4ccccc4c3cc21. The van der Waals surface area contributed by atoms with Crippen molar-refractivity contribution < 1.29 is 0 Å². The highest BCUT2D eigenvalue weighted by atomic mass is 32.1. The molecule has 2 aromatic heterocycles. The number of benzene rings is 5. The minimum absolute atomic E-state index is 0.0589. The molecule has 0 saturated carbocycles. The van der Waals surface area contributed by atoms with E-state index in [1.165, 1.54) is 69.9 Å². The molecule has 0 aliphatic heterocycles. The van der Waals surface area contributed by atoms with Gasteiger partial charge in [0, 0.05) is 42.0 Å². The van der Waals surface area contributed by atoms with Crippen molar-refractivity contribution in [2.24, 2.45) is 0 Å². The lowest BCUT2D eigenvalue weighted by atomic mass is 9.82. The molecule has 1 aliphatic carbocycles. The minimum atomic E-state index is -0.0589. The van der Waals surface area contributed by atoms with Crippen LogP contribution in [0.5, 0.6) is 0 Å². The van der Waals surface area contributed by atoms with Crippen molar-refractivity contribution in [1.82, 2.24) is 4.57 Å². The van der Waals surface area contributed by atoms with Crippen LogP contribution in [0.2, 0.25) is 0 Å². The highest BCUT2D eigenvalue weighted by Crippen LogP contribution is 2.52. The molecule has 0 amide bonds. The van der Waals surface area contributed by atoms with Gasteiger partial charge in [-0.3, -0.25) is 0 Å². The van der Waals surface area contributed by atoms with Gasteiger partial charge in [0.15, 0.2) is 0 Å². The number of nitrogens with zero attached hydrogens (tertiary/aromatic N) is 1. The molecule has 0 saturated heterocycles. The molecule has 0 radical (unpaired) electrons. The number of aromatic nitrogens is 1. The van der Waals surface area contributed by atoms with Crippen LogP contribution in [-0.4, -0.2) is 4.57 Å². The lowest BCUT2D eigenvalue weighted by molar-refractivity contribution is 0.661. The van der Waals surface area contributed by atoms with Crippen molar-refractivity contribution in [3.8, 4) is 16.8 Å². The van der Waals surface area contributed by atoms with Crippen molar-refractivity contribution in [3.05, 3.63) is 114 Å². The summed E-state index contributed by atoms with van der Waals surface area (Å²) in [6, 6.07) is 38.3. The first-order chi connectivity index (χ1) is 17.1. The zero-order chi connectivity index (χ0) is 23.3. The predicted molar refractivity (Wildman–Crippen MR) is 151 cm³/mol. The molecule has 0 bridgehead atoms. The first-order valence-electron chi connectivity index (χ1n) is 12.2. The Morgan fingerprint density at radius 3 is 1.91 bits per heavy atom. The number of hydrogen-bond donors (Lipinski definition) is 0. The second kappa shape index (κ2) is 6.62. The van der Waals surface area contributed by atoms with Gasteiger partial charge < -0.3 is 4.57 Å². The fourth-order valence-corrected chi connectivity index (χ4v) is 7.41. The van der Waals surface area contributed by atoms with E-state index in [-0.39, 0.29) is 5.41 Å². The third kappa shape index (κ3) is 2.47. The number of hydrogen-bond acceptors (Lipinski definition) is 1. The molecule has 35 heavy (non-hydrogen) atoms. The highest BCUT2D eigenvalue weighted by Gasteiger charge is 2.36. The van der Waals surface area contributed by atoms with E-state index in [2.05, 4.69) is 122 Å². The average Bonchev–Trinajstić information content (AvgIpc) is 3.49. The van der Waals surface area contributed by atoms with Crippen LogP contribution in [0.4, 0.5) is 0 Å². The van der Waals surface area contributed by atoms with E-state index in [1.54, 1.807) is 0 Å². The zero-order valence-electron chi connectivity index (χ0n) is 19.7. The van der Waals surface area contributed by atoms with Crippen molar-refractivity contribution in [2.45, 2.75) is 19.3 Å². The largest absolute Gasteiger partial charge is 0.309 e. The van der Waals surface area contributed by atoms with Gasteiger partial charge in [0.05, 0.1) is 11.0 Å². The van der Waals surface area contributed by atoms with E-state index in [1.807, 2.05) is 11.3 Å². The van der Waals surface area contributed by atoms with E-state index < -0.39 is 0 Å². The molecule has 0 N–H and O–H groups in total. The third-order valence-electron chi connectivity index (χ3n) is 8.00. The van der Waals surface area contributed by atoms with E-state index in [9.17, 15) is 0 Å². The first kappa shape index (κ1) is 19.4. The molecule has 1 nitrogen and oxygen atoms in total. The monoisotopic (exact) mass is 465 g/mol. The highest BCUT2D eigenvalue weighted by molar-refractivity contribution is 7.25. The standard InChI is InChI=1S/C33H23NS/c1-33(2)27-17-20(34-29-12-6-3-9-22(29)23-10-4-7-13-30(23)34)15-16-21(27)25-19-32-26(18-28(25)33)24-11-5-8-14-31(24)35-32/h3-19H,1-2H3. The topological polar surface area (TPSA) is 4.93 Å². The maximum atomic E-state index is 2.46. The Balaban J connectivity index is 1.40. The molecular formula is C33H23NS. The van der Waals surface area contributed by atoms with E-state index in [0.29, 0.717) is 0 Å². The number of rotatable bonds is 1. The Kier molecular flexibility index (Phi) is 3.67. The summed E-state index contributed by atoms with van der Waals surface area (Å²) in [6.45, 7) is 4.77. The maximum absolute atomic E-state index is 2.46. The molecule has 0 fully saturated rings. The van der Waals surface area contributed by atoms with Gasteiger partial charge in [0.2, 0.25) is 0 Å². The van der Waals surface area contributed by atoms with Gasteiger partial charge in [-0.2, -0.15) is 0 Å². The van der Waals surface area contributed by atoms with E-state index >= 15 is 0 Å². The average molecular weight is 466 g/mol. The summed E-state index contributed by atoms with van der Waals surface area (Å²) in [4.78, 5) is 0. The molecule has 2 heteroatoms. The lowest BCUT2D eigenvalue weighted by Crippen LogP contribution is -2.15. The molecule has 8 rings (SSSR count). The van der Waals surface area contributed by atoms with Crippen molar-refractivity contribution in [1.29, 1.82) is 0 Å². The number of fused-ring (bicyclic) bond motifs is 9. The molecule has 1 aliphatic rings. The molecular weight excluding hydrogens is 442 g/mol. The van der Waals surface area contributed by atoms with Gasteiger partial charge in [-0.05, 0) is 64.7 Å². The van der Waals surface area contributed by atoms with E-state index in [4.69, 9.17) is 0 Å². The van der Waals surface area contributed by atoms with Gasteiger partial charge in [-0.15, -0.1) is 11.3 Å². The second-order valence-corrected chi connectivity index (χ2v) is 11.3. The summed E-state index contributed by atoms with van der Waals surface area (Å²) in [5, 5.41) is 5.36. The summed E-state index contributed by atoms with van der Waals surface area (Å²) in [7, 11) is 0. The van der Waals surface area contributed by atoms with Gasteiger partial charge in [0.25, 0.3) is 0 Å². The van der Waals surface area contributed by atoms with Gasteiger partial charge in [-0.1, -0.05) is 74.5 Å². The van der Waals surface area contributed by atoms with Crippen LogP contribution in [0.25, 0.3) is 58.8 Å². The lowest BCUT2D eigenvalue weighted by Gasteiger charge is -2.22. The van der Waals surface area contributed by atoms with Gasteiger partial charge in [-0.25, -0.2) is 0 Å². The van der Waals surface area contributed by atoms with Crippen molar-refractivity contribution in [3.63, 3.8) is 0 Å². The first-order valence-corrected chi connectivity index (χ1v) is 13.0. The van der Waals surface area contributed by atoms with Crippen LogP contribution >= 0.6 is 11.3 Å². The third-order valence-corrected chi connectivity index (χ3v) is 9.13.